The molecule has 3 rings (SSSR count). The van der Waals surface area contributed by atoms with Crippen molar-refractivity contribution in [2.45, 2.75) is 64.5 Å². The minimum atomic E-state index is -1.03. The minimum Gasteiger partial charge on any atom is -0.480 e. The fourth-order valence-corrected chi connectivity index (χ4v) is 4.48. The molecular weight excluding hydrogens is 432 g/mol. The highest BCUT2D eigenvalue weighted by atomic mass is 16.5. The summed E-state index contributed by atoms with van der Waals surface area (Å²) in [4.78, 5) is 37.7. The summed E-state index contributed by atoms with van der Waals surface area (Å²) in [5.41, 5.74) is 4.64. The van der Waals surface area contributed by atoms with Crippen molar-refractivity contribution in [1.82, 2.24) is 10.2 Å². The van der Waals surface area contributed by atoms with E-state index in [1.807, 2.05) is 45.0 Å². The van der Waals surface area contributed by atoms with Crippen LogP contribution in [0, 0.1) is 0 Å². The fraction of sp³-hybridized carbons (Fsp3) is 0.444. The smallest absolute Gasteiger partial charge is 0.407 e. The van der Waals surface area contributed by atoms with E-state index in [0.29, 0.717) is 19.3 Å². The van der Waals surface area contributed by atoms with Gasteiger partial charge in [-0.15, -0.1) is 0 Å². The molecule has 0 bridgehead atoms. The van der Waals surface area contributed by atoms with Crippen LogP contribution in [0.15, 0.2) is 48.5 Å². The third-order valence-electron chi connectivity index (χ3n) is 6.61. The number of carbonyl (C=O) groups is 3. The highest BCUT2D eigenvalue weighted by molar-refractivity contribution is 5.82. The number of hydrogen-bond donors (Lipinski definition) is 2. The van der Waals surface area contributed by atoms with Gasteiger partial charge in [0.2, 0.25) is 5.91 Å². The van der Waals surface area contributed by atoms with Crippen LogP contribution < -0.4 is 5.32 Å². The Morgan fingerprint density at radius 2 is 1.59 bits per heavy atom. The topological polar surface area (TPSA) is 95.9 Å². The summed E-state index contributed by atoms with van der Waals surface area (Å²) >= 11 is 0. The van der Waals surface area contributed by atoms with E-state index in [1.165, 1.54) is 16.0 Å². The molecule has 34 heavy (non-hydrogen) atoms. The van der Waals surface area contributed by atoms with Crippen LogP contribution in [-0.2, 0) is 14.3 Å². The Labute approximate surface area is 201 Å². The number of amides is 2. The molecule has 2 amide bonds. The van der Waals surface area contributed by atoms with E-state index in [9.17, 15) is 14.4 Å². The van der Waals surface area contributed by atoms with Crippen LogP contribution in [0.4, 0.5) is 4.79 Å². The van der Waals surface area contributed by atoms with Gasteiger partial charge in [0.1, 0.15) is 13.2 Å². The predicted octanol–water partition coefficient (Wildman–Crippen LogP) is 4.80. The molecule has 0 aromatic heterocycles. The molecule has 1 aliphatic rings. The molecule has 2 atom stereocenters. The lowest BCUT2D eigenvalue weighted by Crippen LogP contribution is -2.43. The first kappa shape index (κ1) is 25.3. The van der Waals surface area contributed by atoms with E-state index in [2.05, 4.69) is 29.6 Å². The summed E-state index contributed by atoms with van der Waals surface area (Å²) in [6, 6.07) is 15.9. The first-order valence-electron chi connectivity index (χ1n) is 12.0. The molecule has 0 radical (unpaired) electrons. The van der Waals surface area contributed by atoms with Crippen molar-refractivity contribution in [1.29, 1.82) is 0 Å². The minimum absolute atomic E-state index is 0.0140. The maximum absolute atomic E-state index is 12.6. The van der Waals surface area contributed by atoms with Gasteiger partial charge in [0, 0.05) is 24.4 Å². The van der Waals surface area contributed by atoms with E-state index in [1.54, 1.807) is 0 Å². The van der Waals surface area contributed by atoms with Crippen molar-refractivity contribution in [2.75, 3.05) is 13.2 Å². The number of carbonyl (C=O) groups excluding carboxylic acids is 2. The van der Waals surface area contributed by atoms with Crippen molar-refractivity contribution < 1.29 is 24.2 Å². The highest BCUT2D eigenvalue weighted by Gasteiger charge is 2.29. The Hall–Kier alpha value is -3.35. The van der Waals surface area contributed by atoms with E-state index in [4.69, 9.17) is 9.84 Å². The molecule has 2 aromatic carbocycles. The largest absolute Gasteiger partial charge is 0.480 e. The van der Waals surface area contributed by atoms with Gasteiger partial charge in [0.15, 0.2) is 0 Å². The molecule has 0 fully saturated rings. The van der Waals surface area contributed by atoms with Crippen molar-refractivity contribution in [3.05, 3.63) is 59.7 Å². The molecule has 0 saturated carbocycles. The van der Waals surface area contributed by atoms with Crippen LogP contribution in [0.5, 0.6) is 0 Å². The normalized spacial score (nSPS) is 14.0. The summed E-state index contributed by atoms with van der Waals surface area (Å²) in [5, 5.41) is 12.0. The number of alkyl carbamates (subject to hydrolysis) is 1. The van der Waals surface area contributed by atoms with Gasteiger partial charge >= 0.3 is 12.1 Å². The summed E-state index contributed by atoms with van der Waals surface area (Å²) in [6.07, 6.45) is 1.39. The Morgan fingerprint density at radius 1 is 1.00 bits per heavy atom. The number of carboxylic acid groups (broad SMARTS) is 1. The molecule has 7 heteroatoms. The average Bonchev–Trinajstić information content (AvgIpc) is 3.16. The van der Waals surface area contributed by atoms with E-state index in [-0.39, 0.29) is 43.5 Å². The number of ether oxygens (including phenoxy) is 1. The number of nitrogens with zero attached hydrogens (tertiary/aromatic N) is 1. The van der Waals surface area contributed by atoms with Crippen LogP contribution in [-0.4, -0.2) is 53.2 Å². The lowest BCUT2D eigenvalue weighted by Gasteiger charge is -2.27. The second kappa shape index (κ2) is 11.7. The first-order chi connectivity index (χ1) is 16.3. The van der Waals surface area contributed by atoms with Crippen LogP contribution in [0.3, 0.4) is 0 Å². The molecule has 0 heterocycles. The molecule has 0 saturated heterocycles. The van der Waals surface area contributed by atoms with Gasteiger partial charge in [-0.05, 0) is 48.4 Å². The highest BCUT2D eigenvalue weighted by Crippen LogP contribution is 2.44. The molecule has 2 aromatic rings. The maximum atomic E-state index is 12.6. The number of benzene rings is 2. The van der Waals surface area contributed by atoms with Crippen LogP contribution in [0.25, 0.3) is 11.1 Å². The second-order valence-corrected chi connectivity index (χ2v) is 8.79. The second-order valence-electron chi connectivity index (χ2n) is 8.79. The Balaban J connectivity index is 1.55. The lowest BCUT2D eigenvalue weighted by atomic mass is 9.98. The number of aliphatic carboxylic acids is 1. The Kier molecular flexibility index (Phi) is 8.68. The number of rotatable bonds is 11. The van der Waals surface area contributed by atoms with Gasteiger partial charge in [-0.3, -0.25) is 9.59 Å². The third-order valence-corrected chi connectivity index (χ3v) is 6.61. The zero-order valence-corrected chi connectivity index (χ0v) is 20.1. The van der Waals surface area contributed by atoms with Crippen molar-refractivity contribution in [2.24, 2.45) is 0 Å². The molecule has 0 aliphatic heterocycles. The van der Waals surface area contributed by atoms with E-state index >= 15 is 0 Å². The van der Waals surface area contributed by atoms with Gasteiger partial charge in [-0.25, -0.2) is 4.79 Å². The van der Waals surface area contributed by atoms with Crippen molar-refractivity contribution in [3.63, 3.8) is 0 Å². The SMILES string of the molecule is CCC(CCC(=O)N(CC(=O)O)C(C)CC)NC(=O)OCC1c2ccccc2-c2ccccc21. The zero-order valence-electron chi connectivity index (χ0n) is 20.1. The molecule has 2 N–H and O–H groups in total. The van der Waals surface area contributed by atoms with Gasteiger partial charge in [-0.2, -0.15) is 0 Å². The molecule has 182 valence electrons. The molecule has 7 nitrogen and oxygen atoms in total. The standard InChI is InChI=1S/C27H34N2O5/c1-4-18(3)29(16-26(31)32)25(30)15-14-19(5-2)28-27(33)34-17-24-22-12-8-6-10-20(22)21-11-7-9-13-23(21)24/h6-13,18-19,24H,4-5,14-17H2,1-3H3,(H,28,33)(H,31,32). The lowest BCUT2D eigenvalue weighted by molar-refractivity contribution is -0.146. The fourth-order valence-electron chi connectivity index (χ4n) is 4.48. The molecule has 0 spiro atoms. The third kappa shape index (κ3) is 5.95. The van der Waals surface area contributed by atoms with E-state index in [0.717, 1.165) is 11.1 Å². The van der Waals surface area contributed by atoms with Crippen LogP contribution in [0.2, 0.25) is 0 Å². The van der Waals surface area contributed by atoms with E-state index < -0.39 is 12.1 Å². The molecule has 1 aliphatic carbocycles. The summed E-state index contributed by atoms with van der Waals surface area (Å²) in [7, 11) is 0. The summed E-state index contributed by atoms with van der Waals surface area (Å²) in [6.45, 7) is 5.61. The summed E-state index contributed by atoms with van der Waals surface area (Å²) < 4.78 is 5.61. The Morgan fingerprint density at radius 3 is 2.12 bits per heavy atom. The van der Waals surface area contributed by atoms with Crippen LogP contribution >= 0.6 is 0 Å². The number of hydrogen-bond acceptors (Lipinski definition) is 4. The van der Waals surface area contributed by atoms with Crippen LogP contribution in [0.1, 0.15) is 63.5 Å². The van der Waals surface area contributed by atoms with Crippen molar-refractivity contribution in [3.8, 4) is 11.1 Å². The van der Waals surface area contributed by atoms with Gasteiger partial charge in [0.25, 0.3) is 0 Å². The zero-order chi connectivity index (χ0) is 24.7. The monoisotopic (exact) mass is 466 g/mol. The predicted molar refractivity (Wildman–Crippen MR) is 131 cm³/mol. The number of nitrogens with one attached hydrogen (secondary N) is 1. The molecular formula is C27H34N2O5. The molecule has 2 unspecified atom stereocenters. The first-order valence-corrected chi connectivity index (χ1v) is 12.0. The van der Waals surface area contributed by atoms with Gasteiger partial charge in [-0.1, -0.05) is 62.4 Å². The van der Waals surface area contributed by atoms with Crippen molar-refractivity contribution >= 4 is 18.0 Å². The van der Waals surface area contributed by atoms with Gasteiger partial charge in [0.05, 0.1) is 0 Å². The van der Waals surface area contributed by atoms with Gasteiger partial charge < -0.3 is 20.1 Å². The number of carboxylic acids is 1. The average molecular weight is 467 g/mol. The maximum Gasteiger partial charge on any atom is 0.407 e. The summed E-state index contributed by atoms with van der Waals surface area (Å²) in [5.74, 6) is -1.26. The Bertz CT molecular complexity index is 976. The quantitative estimate of drug-likeness (QED) is 0.496. The number of fused-ring (bicyclic) bond motifs is 3.